The summed E-state index contributed by atoms with van der Waals surface area (Å²) < 4.78 is 0. The Balaban J connectivity index is 2.24. The molecule has 1 aliphatic heterocycles. The lowest BCUT2D eigenvalue weighted by atomic mass is 10.0. The van der Waals surface area contributed by atoms with Crippen molar-refractivity contribution in [1.82, 2.24) is 4.90 Å². The third-order valence-corrected chi connectivity index (χ3v) is 3.60. The van der Waals surface area contributed by atoms with Gasteiger partial charge in [-0.05, 0) is 36.5 Å². The van der Waals surface area contributed by atoms with E-state index < -0.39 is 12.0 Å². The fourth-order valence-electron chi connectivity index (χ4n) is 2.46. The highest BCUT2D eigenvalue weighted by atomic mass is 16.4. The van der Waals surface area contributed by atoms with Crippen molar-refractivity contribution in [3.8, 4) is 0 Å². The van der Waals surface area contributed by atoms with Crippen LogP contribution in [0.4, 0.5) is 0 Å². The first-order valence-corrected chi connectivity index (χ1v) is 6.64. The topological polar surface area (TPSA) is 57.6 Å². The van der Waals surface area contributed by atoms with Crippen LogP contribution in [0, 0.1) is 0 Å². The summed E-state index contributed by atoms with van der Waals surface area (Å²) in [5.74, 6) is -0.736. The third kappa shape index (κ3) is 2.78. The summed E-state index contributed by atoms with van der Waals surface area (Å²) >= 11 is 0. The summed E-state index contributed by atoms with van der Waals surface area (Å²) in [6, 6.07) is 6.79. The van der Waals surface area contributed by atoms with Gasteiger partial charge in [0.25, 0.3) is 5.91 Å². The van der Waals surface area contributed by atoms with E-state index in [-0.39, 0.29) is 5.91 Å². The van der Waals surface area contributed by atoms with Crippen molar-refractivity contribution in [2.45, 2.75) is 38.6 Å². The van der Waals surface area contributed by atoms with Gasteiger partial charge in [-0.15, -0.1) is 0 Å². The van der Waals surface area contributed by atoms with Gasteiger partial charge in [-0.3, -0.25) is 4.79 Å². The monoisotopic (exact) mass is 261 g/mol. The Kier molecular flexibility index (Phi) is 3.88. The molecule has 1 fully saturated rings. The molecular formula is C15H19NO3. The Morgan fingerprint density at radius 3 is 2.74 bits per heavy atom. The van der Waals surface area contributed by atoms with Gasteiger partial charge in [0, 0.05) is 12.1 Å². The van der Waals surface area contributed by atoms with Crippen LogP contribution in [-0.2, 0) is 4.79 Å². The van der Waals surface area contributed by atoms with E-state index in [0.717, 1.165) is 12.0 Å². The Hall–Kier alpha value is -1.84. The van der Waals surface area contributed by atoms with E-state index in [0.29, 0.717) is 24.4 Å². The predicted octanol–water partition coefficient (Wildman–Crippen LogP) is 2.50. The fraction of sp³-hybridized carbons (Fsp3) is 0.467. The van der Waals surface area contributed by atoms with Crippen LogP contribution in [0.3, 0.4) is 0 Å². The highest BCUT2D eigenvalue weighted by molar-refractivity contribution is 5.97. The van der Waals surface area contributed by atoms with E-state index in [1.165, 1.54) is 4.90 Å². The summed E-state index contributed by atoms with van der Waals surface area (Å²) in [4.78, 5) is 25.0. The van der Waals surface area contributed by atoms with E-state index in [1.807, 2.05) is 18.2 Å². The number of likely N-dealkylation sites (tertiary alicyclic amines) is 1. The zero-order valence-electron chi connectivity index (χ0n) is 11.3. The van der Waals surface area contributed by atoms with Gasteiger partial charge in [0.1, 0.15) is 6.04 Å². The van der Waals surface area contributed by atoms with Crippen molar-refractivity contribution in [2.75, 3.05) is 6.54 Å². The zero-order valence-corrected chi connectivity index (χ0v) is 11.3. The Morgan fingerprint density at radius 2 is 2.11 bits per heavy atom. The average Bonchev–Trinajstić information content (AvgIpc) is 2.87. The van der Waals surface area contributed by atoms with Crippen molar-refractivity contribution in [2.24, 2.45) is 0 Å². The predicted molar refractivity (Wildman–Crippen MR) is 72.2 cm³/mol. The largest absolute Gasteiger partial charge is 0.480 e. The number of nitrogens with zero attached hydrogens (tertiary/aromatic N) is 1. The SMILES string of the molecule is CC(C)c1cccc(C(=O)N2CCCC2C(=O)O)c1. The van der Waals surface area contributed by atoms with Crippen molar-refractivity contribution < 1.29 is 14.7 Å². The number of carboxylic acids is 1. The van der Waals surface area contributed by atoms with Gasteiger partial charge >= 0.3 is 5.97 Å². The van der Waals surface area contributed by atoms with E-state index in [9.17, 15) is 9.59 Å². The van der Waals surface area contributed by atoms with Crippen LogP contribution < -0.4 is 0 Å². The first-order chi connectivity index (χ1) is 9.00. The lowest BCUT2D eigenvalue weighted by molar-refractivity contribution is -0.141. The Morgan fingerprint density at radius 1 is 1.37 bits per heavy atom. The smallest absolute Gasteiger partial charge is 0.326 e. The highest BCUT2D eigenvalue weighted by Crippen LogP contribution is 2.22. The molecule has 1 aromatic rings. The van der Waals surface area contributed by atoms with Gasteiger partial charge in [0.05, 0.1) is 0 Å². The second kappa shape index (κ2) is 5.43. The molecule has 0 radical (unpaired) electrons. The van der Waals surface area contributed by atoms with Crippen LogP contribution >= 0.6 is 0 Å². The molecule has 0 bridgehead atoms. The first-order valence-electron chi connectivity index (χ1n) is 6.64. The second-order valence-electron chi connectivity index (χ2n) is 5.27. The molecule has 0 spiro atoms. The molecule has 102 valence electrons. The molecule has 0 aromatic heterocycles. The summed E-state index contributed by atoms with van der Waals surface area (Å²) in [5, 5.41) is 9.13. The molecule has 1 heterocycles. The Labute approximate surface area is 113 Å². The van der Waals surface area contributed by atoms with E-state index in [1.54, 1.807) is 6.07 Å². The van der Waals surface area contributed by atoms with Gasteiger partial charge in [-0.25, -0.2) is 4.79 Å². The molecule has 1 aromatic carbocycles. The quantitative estimate of drug-likeness (QED) is 0.909. The average molecular weight is 261 g/mol. The number of hydrogen-bond acceptors (Lipinski definition) is 2. The minimum absolute atomic E-state index is 0.174. The molecule has 1 N–H and O–H groups in total. The first kappa shape index (κ1) is 13.6. The maximum absolute atomic E-state index is 12.4. The molecule has 1 saturated heterocycles. The molecule has 19 heavy (non-hydrogen) atoms. The minimum atomic E-state index is -0.911. The molecule has 2 rings (SSSR count). The van der Waals surface area contributed by atoms with Gasteiger partial charge in [0.2, 0.25) is 0 Å². The van der Waals surface area contributed by atoms with Crippen molar-refractivity contribution in [3.05, 3.63) is 35.4 Å². The second-order valence-corrected chi connectivity index (χ2v) is 5.27. The number of hydrogen-bond donors (Lipinski definition) is 1. The van der Waals surface area contributed by atoms with Crippen LogP contribution in [0.15, 0.2) is 24.3 Å². The molecular weight excluding hydrogens is 242 g/mol. The minimum Gasteiger partial charge on any atom is -0.480 e. The van der Waals surface area contributed by atoms with Gasteiger partial charge < -0.3 is 10.0 Å². The zero-order chi connectivity index (χ0) is 14.0. The highest BCUT2D eigenvalue weighted by Gasteiger charge is 2.34. The molecule has 4 heteroatoms. The maximum atomic E-state index is 12.4. The Bertz CT molecular complexity index is 496. The summed E-state index contributed by atoms with van der Waals surface area (Å²) in [6.07, 6.45) is 1.30. The van der Waals surface area contributed by atoms with Gasteiger partial charge in [-0.1, -0.05) is 26.0 Å². The third-order valence-electron chi connectivity index (χ3n) is 3.60. The molecule has 1 aliphatic rings. The molecule has 1 atom stereocenters. The van der Waals surface area contributed by atoms with Crippen molar-refractivity contribution >= 4 is 11.9 Å². The summed E-state index contributed by atoms with van der Waals surface area (Å²) in [6.45, 7) is 4.67. The number of rotatable bonds is 3. The van der Waals surface area contributed by atoms with Crippen molar-refractivity contribution in [1.29, 1.82) is 0 Å². The molecule has 1 unspecified atom stereocenters. The molecule has 0 saturated carbocycles. The van der Waals surface area contributed by atoms with Gasteiger partial charge in [-0.2, -0.15) is 0 Å². The van der Waals surface area contributed by atoms with Crippen LogP contribution in [-0.4, -0.2) is 34.5 Å². The summed E-state index contributed by atoms with van der Waals surface area (Å²) in [7, 11) is 0. The number of amides is 1. The van der Waals surface area contributed by atoms with Crippen LogP contribution in [0.25, 0.3) is 0 Å². The van der Waals surface area contributed by atoms with Crippen LogP contribution in [0.2, 0.25) is 0 Å². The van der Waals surface area contributed by atoms with Gasteiger partial charge in [0.15, 0.2) is 0 Å². The normalized spacial score (nSPS) is 18.9. The van der Waals surface area contributed by atoms with E-state index in [2.05, 4.69) is 13.8 Å². The number of carbonyl (C=O) groups excluding carboxylic acids is 1. The van der Waals surface area contributed by atoms with Crippen molar-refractivity contribution in [3.63, 3.8) is 0 Å². The maximum Gasteiger partial charge on any atom is 0.326 e. The molecule has 4 nitrogen and oxygen atoms in total. The number of carboxylic acid groups (broad SMARTS) is 1. The number of benzene rings is 1. The van der Waals surface area contributed by atoms with E-state index >= 15 is 0 Å². The fourth-order valence-corrected chi connectivity index (χ4v) is 2.46. The standard InChI is InChI=1S/C15H19NO3/c1-10(2)11-5-3-6-12(9-11)14(17)16-8-4-7-13(16)15(18)19/h3,5-6,9-10,13H,4,7-8H2,1-2H3,(H,18,19). The van der Waals surface area contributed by atoms with Crippen LogP contribution in [0.1, 0.15) is 48.5 Å². The summed E-state index contributed by atoms with van der Waals surface area (Å²) in [5.41, 5.74) is 1.68. The molecule has 1 amide bonds. The number of carbonyl (C=O) groups is 2. The van der Waals surface area contributed by atoms with E-state index in [4.69, 9.17) is 5.11 Å². The number of aliphatic carboxylic acids is 1. The molecule has 0 aliphatic carbocycles. The lowest BCUT2D eigenvalue weighted by Gasteiger charge is -2.21. The lowest BCUT2D eigenvalue weighted by Crippen LogP contribution is -2.40. The van der Waals surface area contributed by atoms with Crippen LogP contribution in [0.5, 0.6) is 0 Å².